The number of carbonyl (C=O) groups excluding carboxylic acids is 1. The van der Waals surface area contributed by atoms with Crippen molar-refractivity contribution in [3.63, 3.8) is 0 Å². The molecule has 1 amide bonds. The summed E-state index contributed by atoms with van der Waals surface area (Å²) in [6.45, 7) is 3.75. The first-order valence-corrected chi connectivity index (χ1v) is 14.1. The van der Waals surface area contributed by atoms with E-state index in [1.54, 1.807) is 7.11 Å². The van der Waals surface area contributed by atoms with Crippen molar-refractivity contribution in [1.29, 1.82) is 0 Å². The van der Waals surface area contributed by atoms with Crippen LogP contribution in [0, 0.1) is 23.7 Å². The summed E-state index contributed by atoms with van der Waals surface area (Å²) < 4.78 is 17.4. The van der Waals surface area contributed by atoms with Gasteiger partial charge in [-0.15, -0.1) is 0 Å². The zero-order chi connectivity index (χ0) is 24.4. The highest BCUT2D eigenvalue weighted by molar-refractivity contribution is 5.80. The minimum absolute atomic E-state index is 0.0230. The molecule has 5 fully saturated rings. The summed E-state index contributed by atoms with van der Waals surface area (Å²) in [4.78, 5) is 15.8. The van der Waals surface area contributed by atoms with Gasteiger partial charge in [-0.2, -0.15) is 0 Å². The molecule has 8 heteroatoms. The van der Waals surface area contributed by atoms with Crippen LogP contribution in [-0.2, 0) is 19.0 Å². The van der Waals surface area contributed by atoms with Gasteiger partial charge in [-0.3, -0.25) is 4.79 Å². The van der Waals surface area contributed by atoms with E-state index in [0.717, 1.165) is 64.8 Å². The Hall–Kier alpha value is -0.770. The maximum absolute atomic E-state index is 13.8. The molecule has 5 aliphatic rings. The molecule has 2 aliphatic heterocycles. The second-order valence-corrected chi connectivity index (χ2v) is 11.9. The van der Waals surface area contributed by atoms with E-state index >= 15 is 0 Å². The maximum atomic E-state index is 13.8. The number of amides is 1. The first-order valence-electron chi connectivity index (χ1n) is 14.1. The lowest BCUT2D eigenvalue weighted by Crippen LogP contribution is -2.52. The molecule has 2 saturated heterocycles. The normalized spacial score (nSPS) is 44.4. The highest BCUT2D eigenvalue weighted by Crippen LogP contribution is 2.39. The third-order valence-corrected chi connectivity index (χ3v) is 9.58. The van der Waals surface area contributed by atoms with Crippen molar-refractivity contribution in [3.05, 3.63) is 0 Å². The van der Waals surface area contributed by atoms with E-state index in [1.165, 1.54) is 12.8 Å². The summed E-state index contributed by atoms with van der Waals surface area (Å²) in [6.07, 6.45) is 7.93. The first-order chi connectivity index (χ1) is 17.0. The Bertz CT molecular complexity index is 695. The number of likely N-dealkylation sites (tertiary alicyclic amines) is 1. The summed E-state index contributed by atoms with van der Waals surface area (Å²) in [5, 5.41) is 25.1. The van der Waals surface area contributed by atoms with Crippen LogP contribution in [0.2, 0.25) is 0 Å². The Labute approximate surface area is 210 Å². The SMILES string of the molecule is COC1CCC(COC2CC(O)CC(O)C2C(=O)N2CC3CCCC(NC4CCOC4)C3C2)CC1. The van der Waals surface area contributed by atoms with Gasteiger partial charge in [0.2, 0.25) is 5.91 Å². The predicted molar refractivity (Wildman–Crippen MR) is 131 cm³/mol. The van der Waals surface area contributed by atoms with Gasteiger partial charge in [0, 0.05) is 58.3 Å². The highest BCUT2D eigenvalue weighted by atomic mass is 16.5. The van der Waals surface area contributed by atoms with E-state index in [-0.39, 0.29) is 12.3 Å². The number of carbonyl (C=O) groups is 1. The third kappa shape index (κ3) is 6.04. The second-order valence-electron chi connectivity index (χ2n) is 11.9. The molecule has 0 aromatic heterocycles. The number of nitrogens with one attached hydrogen (secondary N) is 1. The lowest BCUT2D eigenvalue weighted by molar-refractivity contribution is -0.158. The van der Waals surface area contributed by atoms with E-state index in [9.17, 15) is 15.0 Å². The fourth-order valence-corrected chi connectivity index (χ4v) is 7.51. The number of aliphatic hydroxyl groups is 2. The van der Waals surface area contributed by atoms with Gasteiger partial charge in [-0.05, 0) is 62.7 Å². The molecule has 8 atom stereocenters. The second kappa shape index (κ2) is 11.7. The van der Waals surface area contributed by atoms with Crippen molar-refractivity contribution >= 4 is 5.91 Å². The van der Waals surface area contributed by atoms with Gasteiger partial charge in [-0.1, -0.05) is 6.42 Å². The number of fused-ring (bicyclic) bond motifs is 1. The van der Waals surface area contributed by atoms with Crippen LogP contribution in [0.4, 0.5) is 0 Å². The van der Waals surface area contributed by atoms with E-state index in [4.69, 9.17) is 14.2 Å². The van der Waals surface area contributed by atoms with Crippen LogP contribution in [0.5, 0.6) is 0 Å². The Kier molecular flexibility index (Phi) is 8.67. The molecular formula is C27H46N2O6. The van der Waals surface area contributed by atoms with Crippen LogP contribution in [-0.4, -0.2) is 97.5 Å². The van der Waals surface area contributed by atoms with Crippen molar-refractivity contribution in [3.8, 4) is 0 Å². The van der Waals surface area contributed by atoms with Crippen molar-refractivity contribution in [2.24, 2.45) is 23.7 Å². The van der Waals surface area contributed by atoms with Gasteiger partial charge in [0.25, 0.3) is 0 Å². The monoisotopic (exact) mass is 494 g/mol. The minimum Gasteiger partial charge on any atom is -0.393 e. The molecule has 8 unspecified atom stereocenters. The van der Waals surface area contributed by atoms with Gasteiger partial charge >= 0.3 is 0 Å². The molecule has 0 bridgehead atoms. The lowest BCUT2D eigenvalue weighted by atomic mass is 9.78. The van der Waals surface area contributed by atoms with E-state index in [0.29, 0.717) is 49.0 Å². The Balaban J connectivity index is 1.20. The van der Waals surface area contributed by atoms with Crippen LogP contribution in [0.15, 0.2) is 0 Å². The molecule has 0 radical (unpaired) electrons. The topological polar surface area (TPSA) is 100 Å². The molecule has 35 heavy (non-hydrogen) atoms. The Morgan fingerprint density at radius 2 is 1.89 bits per heavy atom. The van der Waals surface area contributed by atoms with Crippen LogP contribution < -0.4 is 5.32 Å². The average molecular weight is 495 g/mol. The van der Waals surface area contributed by atoms with Crippen molar-refractivity contribution in [1.82, 2.24) is 10.2 Å². The number of hydrogen-bond acceptors (Lipinski definition) is 7. The fourth-order valence-electron chi connectivity index (χ4n) is 7.51. The molecule has 5 rings (SSSR count). The number of rotatable bonds is 7. The van der Waals surface area contributed by atoms with Gasteiger partial charge in [0.1, 0.15) is 0 Å². The van der Waals surface area contributed by atoms with E-state index in [1.807, 2.05) is 4.90 Å². The van der Waals surface area contributed by atoms with Crippen LogP contribution in [0.25, 0.3) is 0 Å². The molecule has 8 nitrogen and oxygen atoms in total. The average Bonchev–Trinajstić information content (AvgIpc) is 3.53. The zero-order valence-corrected chi connectivity index (χ0v) is 21.4. The van der Waals surface area contributed by atoms with Crippen molar-refractivity contribution in [2.45, 2.75) is 101 Å². The number of nitrogens with zero attached hydrogens (tertiary/aromatic N) is 1. The summed E-state index contributed by atoms with van der Waals surface area (Å²) in [5.41, 5.74) is 0. The number of methoxy groups -OCH3 is 1. The van der Waals surface area contributed by atoms with Crippen LogP contribution in [0.1, 0.15) is 64.2 Å². The quantitative estimate of drug-likeness (QED) is 0.495. The van der Waals surface area contributed by atoms with Crippen LogP contribution in [0.3, 0.4) is 0 Å². The number of aliphatic hydroxyl groups excluding tert-OH is 2. The van der Waals surface area contributed by atoms with Crippen molar-refractivity contribution < 1.29 is 29.2 Å². The maximum Gasteiger partial charge on any atom is 0.230 e. The Morgan fingerprint density at radius 1 is 1.06 bits per heavy atom. The van der Waals surface area contributed by atoms with Gasteiger partial charge < -0.3 is 34.6 Å². The van der Waals surface area contributed by atoms with E-state index in [2.05, 4.69) is 5.32 Å². The minimum atomic E-state index is -0.854. The predicted octanol–water partition coefficient (Wildman–Crippen LogP) is 1.71. The third-order valence-electron chi connectivity index (χ3n) is 9.58. The molecule has 3 aliphatic carbocycles. The molecule has 200 valence electrons. The molecular weight excluding hydrogens is 448 g/mol. The summed E-state index contributed by atoms with van der Waals surface area (Å²) >= 11 is 0. The van der Waals surface area contributed by atoms with Gasteiger partial charge in [0.05, 0.1) is 36.9 Å². The van der Waals surface area contributed by atoms with Crippen LogP contribution >= 0.6 is 0 Å². The van der Waals surface area contributed by atoms with Crippen molar-refractivity contribution in [2.75, 3.05) is 40.0 Å². The summed E-state index contributed by atoms with van der Waals surface area (Å²) in [7, 11) is 1.78. The fraction of sp³-hybridized carbons (Fsp3) is 0.963. The first kappa shape index (κ1) is 25.9. The smallest absolute Gasteiger partial charge is 0.230 e. The van der Waals surface area contributed by atoms with Gasteiger partial charge in [0.15, 0.2) is 0 Å². The standard InChI is InChI=1S/C27H46N2O6/c1-33-21-7-5-17(6-8-21)15-35-25-12-20(30)11-24(31)26(25)27(32)29-13-18-3-2-4-23(22(18)14-29)28-19-9-10-34-16-19/h17-26,28,30-31H,2-16H2,1H3. The zero-order valence-electron chi connectivity index (χ0n) is 21.4. The number of hydrogen-bond donors (Lipinski definition) is 3. The molecule has 0 aromatic carbocycles. The molecule has 2 heterocycles. The summed E-state index contributed by atoms with van der Waals surface area (Å²) in [6, 6.07) is 0.868. The van der Waals surface area contributed by atoms with E-state index < -0.39 is 24.2 Å². The molecule has 0 spiro atoms. The Morgan fingerprint density at radius 3 is 2.63 bits per heavy atom. The largest absolute Gasteiger partial charge is 0.393 e. The molecule has 3 saturated carbocycles. The number of ether oxygens (including phenoxy) is 3. The highest BCUT2D eigenvalue weighted by Gasteiger charge is 2.48. The summed E-state index contributed by atoms with van der Waals surface area (Å²) in [5.74, 6) is 0.886. The lowest BCUT2D eigenvalue weighted by Gasteiger charge is -2.39. The van der Waals surface area contributed by atoms with Gasteiger partial charge in [-0.25, -0.2) is 0 Å². The molecule has 0 aromatic rings. The molecule has 3 N–H and O–H groups in total.